The maximum Gasteiger partial charge on any atom is 0.272 e. The number of ether oxygens (including phenoxy) is 1. The summed E-state index contributed by atoms with van der Waals surface area (Å²) < 4.78 is 27.9. The average Bonchev–Trinajstić information content (AvgIpc) is 2.02. The highest BCUT2D eigenvalue weighted by molar-refractivity contribution is 6.31. The minimum absolute atomic E-state index is 0.000602. The van der Waals surface area contributed by atoms with Crippen LogP contribution in [0.15, 0.2) is 12.3 Å². The van der Waals surface area contributed by atoms with Gasteiger partial charge in [0, 0.05) is 6.07 Å². The largest absolute Gasteiger partial charge is 0.506 e. The minimum atomic E-state index is -2.58. The number of alkyl halides is 2. The van der Waals surface area contributed by atoms with E-state index in [0.29, 0.717) is 0 Å². The van der Waals surface area contributed by atoms with Crippen molar-refractivity contribution in [2.24, 2.45) is 0 Å². The molecule has 0 saturated carbocycles. The fourth-order valence-electron chi connectivity index (χ4n) is 0.663. The second kappa shape index (κ2) is 4.23. The first-order valence-electron chi connectivity index (χ1n) is 3.35. The number of aromatic nitrogens is 1. The summed E-state index contributed by atoms with van der Waals surface area (Å²) in [4.78, 5) is 3.51. The van der Waals surface area contributed by atoms with E-state index in [1.165, 1.54) is 0 Å². The molecule has 1 heterocycles. The first-order valence-corrected chi connectivity index (χ1v) is 3.73. The van der Waals surface area contributed by atoms with E-state index in [0.717, 1.165) is 12.3 Å². The van der Waals surface area contributed by atoms with Gasteiger partial charge in [-0.2, -0.15) is 0 Å². The molecular formula is C7H6ClF2NO2. The van der Waals surface area contributed by atoms with Crippen LogP contribution in [0.5, 0.6) is 11.6 Å². The monoisotopic (exact) mass is 209 g/mol. The molecule has 1 N–H and O–H groups in total. The van der Waals surface area contributed by atoms with Crippen LogP contribution in [0.1, 0.15) is 0 Å². The predicted octanol–water partition coefficient (Wildman–Crippen LogP) is 2.08. The first kappa shape index (κ1) is 9.98. The zero-order valence-corrected chi connectivity index (χ0v) is 7.13. The third-order valence-corrected chi connectivity index (χ3v) is 1.41. The van der Waals surface area contributed by atoms with Crippen LogP contribution in [0.4, 0.5) is 8.78 Å². The summed E-state index contributed by atoms with van der Waals surface area (Å²) in [6.07, 6.45) is -1.51. The van der Waals surface area contributed by atoms with E-state index in [-0.39, 0.29) is 16.7 Å². The normalized spacial score (nSPS) is 10.5. The van der Waals surface area contributed by atoms with Crippen LogP contribution in [-0.4, -0.2) is 23.1 Å². The van der Waals surface area contributed by atoms with E-state index >= 15 is 0 Å². The maximum absolute atomic E-state index is 11.7. The van der Waals surface area contributed by atoms with Crippen LogP contribution in [0.3, 0.4) is 0 Å². The van der Waals surface area contributed by atoms with Gasteiger partial charge in [0.25, 0.3) is 6.43 Å². The molecule has 0 spiro atoms. The molecule has 1 aromatic rings. The summed E-state index contributed by atoms with van der Waals surface area (Å²) in [6.45, 7) is -0.766. The lowest BCUT2D eigenvalue weighted by Gasteiger charge is -2.05. The van der Waals surface area contributed by atoms with Crippen molar-refractivity contribution in [3.05, 3.63) is 17.3 Å². The zero-order chi connectivity index (χ0) is 9.84. The molecule has 0 saturated heterocycles. The zero-order valence-electron chi connectivity index (χ0n) is 6.38. The van der Waals surface area contributed by atoms with E-state index in [1.807, 2.05) is 0 Å². The Hall–Kier alpha value is -1.10. The quantitative estimate of drug-likeness (QED) is 0.829. The lowest BCUT2D eigenvalue weighted by atomic mass is 10.4. The van der Waals surface area contributed by atoms with Gasteiger partial charge in [-0.3, -0.25) is 0 Å². The van der Waals surface area contributed by atoms with E-state index in [9.17, 15) is 8.78 Å². The summed E-state index contributed by atoms with van der Waals surface area (Å²) in [5.41, 5.74) is 0. The average molecular weight is 210 g/mol. The summed E-state index contributed by atoms with van der Waals surface area (Å²) in [5.74, 6) is -0.255. The Balaban J connectivity index is 2.67. The minimum Gasteiger partial charge on any atom is -0.506 e. The number of rotatable bonds is 3. The Morgan fingerprint density at radius 1 is 1.62 bits per heavy atom. The van der Waals surface area contributed by atoms with Gasteiger partial charge in [-0.25, -0.2) is 13.8 Å². The molecule has 6 heteroatoms. The molecule has 0 aliphatic rings. The van der Waals surface area contributed by atoms with Crippen LogP contribution in [0.2, 0.25) is 5.02 Å². The molecule has 0 aliphatic carbocycles. The standard InChI is InChI=1S/C7H6ClF2NO2/c8-5-1-4(12)2-11-7(5)13-3-6(9)10/h1-2,6,12H,3H2. The van der Waals surface area contributed by atoms with Crippen LogP contribution >= 0.6 is 11.6 Å². The van der Waals surface area contributed by atoms with Crippen molar-refractivity contribution in [3.63, 3.8) is 0 Å². The van der Waals surface area contributed by atoms with E-state index < -0.39 is 13.0 Å². The Morgan fingerprint density at radius 3 is 2.85 bits per heavy atom. The van der Waals surface area contributed by atoms with Crippen LogP contribution in [0, 0.1) is 0 Å². The third-order valence-electron chi connectivity index (χ3n) is 1.14. The van der Waals surface area contributed by atoms with Gasteiger partial charge in [-0.1, -0.05) is 11.6 Å². The Bertz CT molecular complexity index is 296. The molecule has 0 bridgehead atoms. The van der Waals surface area contributed by atoms with Crippen molar-refractivity contribution in [1.29, 1.82) is 0 Å². The molecule has 0 unspecified atom stereocenters. The van der Waals surface area contributed by atoms with Gasteiger partial charge in [0.15, 0.2) is 6.61 Å². The Labute approximate surface area is 77.9 Å². The van der Waals surface area contributed by atoms with Crippen molar-refractivity contribution in [2.45, 2.75) is 6.43 Å². The fourth-order valence-corrected chi connectivity index (χ4v) is 0.879. The van der Waals surface area contributed by atoms with Gasteiger partial charge in [0.05, 0.1) is 6.20 Å². The Morgan fingerprint density at radius 2 is 2.31 bits per heavy atom. The van der Waals surface area contributed by atoms with Gasteiger partial charge < -0.3 is 9.84 Å². The number of aromatic hydroxyl groups is 1. The SMILES string of the molecule is Oc1cnc(OCC(F)F)c(Cl)c1. The summed E-state index contributed by atoms with van der Waals surface area (Å²) in [7, 11) is 0. The molecule has 0 amide bonds. The molecule has 0 atom stereocenters. The van der Waals surface area contributed by atoms with Gasteiger partial charge >= 0.3 is 0 Å². The molecule has 3 nitrogen and oxygen atoms in total. The number of pyridine rings is 1. The van der Waals surface area contributed by atoms with E-state index in [2.05, 4.69) is 9.72 Å². The highest BCUT2D eigenvalue weighted by Crippen LogP contribution is 2.25. The molecular weight excluding hydrogens is 204 g/mol. The third kappa shape index (κ3) is 3.02. The molecule has 0 radical (unpaired) electrons. The van der Waals surface area contributed by atoms with Gasteiger partial charge in [-0.05, 0) is 0 Å². The van der Waals surface area contributed by atoms with Crippen molar-refractivity contribution in [2.75, 3.05) is 6.61 Å². The van der Waals surface area contributed by atoms with Crippen molar-refractivity contribution < 1.29 is 18.6 Å². The van der Waals surface area contributed by atoms with Gasteiger partial charge in [0.2, 0.25) is 5.88 Å². The molecule has 1 aromatic heterocycles. The van der Waals surface area contributed by atoms with Crippen molar-refractivity contribution in [1.82, 2.24) is 4.98 Å². The number of nitrogens with zero attached hydrogens (tertiary/aromatic N) is 1. The molecule has 0 aliphatic heterocycles. The topological polar surface area (TPSA) is 42.4 Å². The molecule has 13 heavy (non-hydrogen) atoms. The lowest BCUT2D eigenvalue weighted by molar-refractivity contribution is 0.0796. The molecule has 1 rings (SSSR count). The van der Waals surface area contributed by atoms with Crippen LogP contribution < -0.4 is 4.74 Å². The second-order valence-electron chi connectivity index (χ2n) is 2.18. The highest BCUT2D eigenvalue weighted by Gasteiger charge is 2.08. The summed E-state index contributed by atoms with van der Waals surface area (Å²) >= 11 is 5.52. The van der Waals surface area contributed by atoms with Gasteiger partial charge in [-0.15, -0.1) is 0 Å². The van der Waals surface area contributed by atoms with Crippen LogP contribution in [-0.2, 0) is 0 Å². The first-order chi connectivity index (χ1) is 6.09. The highest BCUT2D eigenvalue weighted by atomic mass is 35.5. The predicted molar refractivity (Wildman–Crippen MR) is 42.4 cm³/mol. The van der Waals surface area contributed by atoms with Crippen LogP contribution in [0.25, 0.3) is 0 Å². The number of hydrogen-bond acceptors (Lipinski definition) is 3. The van der Waals surface area contributed by atoms with E-state index in [1.54, 1.807) is 0 Å². The van der Waals surface area contributed by atoms with Crippen molar-refractivity contribution in [3.8, 4) is 11.6 Å². The second-order valence-corrected chi connectivity index (χ2v) is 2.59. The molecule has 0 fully saturated rings. The van der Waals surface area contributed by atoms with Gasteiger partial charge in [0.1, 0.15) is 10.8 Å². The maximum atomic E-state index is 11.7. The summed E-state index contributed by atoms with van der Waals surface area (Å²) in [6, 6.07) is 1.16. The smallest absolute Gasteiger partial charge is 0.272 e. The summed E-state index contributed by atoms with van der Waals surface area (Å²) in [5, 5.41) is 8.86. The lowest BCUT2D eigenvalue weighted by Crippen LogP contribution is -2.08. The Kier molecular flexibility index (Phi) is 3.25. The fraction of sp³-hybridized carbons (Fsp3) is 0.286. The molecule has 72 valence electrons. The van der Waals surface area contributed by atoms with Crippen molar-refractivity contribution >= 4 is 11.6 Å². The number of hydrogen-bond donors (Lipinski definition) is 1. The molecule has 0 aromatic carbocycles. The van der Waals surface area contributed by atoms with E-state index in [4.69, 9.17) is 16.7 Å². The number of halogens is 3.